The second kappa shape index (κ2) is 9.54. The topological polar surface area (TPSA) is 132 Å². The number of benzene rings is 2. The van der Waals surface area contributed by atoms with Crippen molar-refractivity contribution in [2.45, 2.75) is 24.9 Å². The maximum absolute atomic E-state index is 13.3. The average Bonchev–Trinajstić information content (AvgIpc) is 3.65. The summed E-state index contributed by atoms with van der Waals surface area (Å²) in [6, 6.07) is 13.2. The van der Waals surface area contributed by atoms with Crippen molar-refractivity contribution in [1.82, 2.24) is 20.6 Å². The van der Waals surface area contributed by atoms with E-state index in [1.165, 1.54) is 30.6 Å². The van der Waals surface area contributed by atoms with Crippen LogP contribution in [-0.2, 0) is 11.3 Å². The van der Waals surface area contributed by atoms with Gasteiger partial charge in [-0.25, -0.2) is 14.4 Å². The highest BCUT2D eigenvalue weighted by atomic mass is 19.1. The van der Waals surface area contributed by atoms with Gasteiger partial charge in [0.15, 0.2) is 0 Å². The first-order valence-corrected chi connectivity index (χ1v) is 10.6. The largest absolute Gasteiger partial charge is 0.357 e. The predicted molar refractivity (Wildman–Crippen MR) is 124 cm³/mol. The third-order valence-corrected chi connectivity index (χ3v) is 5.46. The molecule has 0 radical (unpaired) electrons. The first kappa shape index (κ1) is 22.7. The fourth-order valence-corrected chi connectivity index (χ4v) is 3.33. The van der Waals surface area contributed by atoms with Crippen molar-refractivity contribution in [3.05, 3.63) is 77.4 Å². The van der Waals surface area contributed by atoms with Crippen molar-refractivity contribution in [2.75, 3.05) is 17.7 Å². The molecule has 1 aliphatic carbocycles. The summed E-state index contributed by atoms with van der Waals surface area (Å²) in [6.45, 7) is 0.288. The van der Waals surface area contributed by atoms with Gasteiger partial charge >= 0.3 is 0 Å². The number of halogens is 1. The van der Waals surface area contributed by atoms with E-state index in [9.17, 15) is 14.0 Å². The molecule has 0 bridgehead atoms. The third kappa shape index (κ3) is 5.10. The molecule has 34 heavy (non-hydrogen) atoms. The lowest BCUT2D eigenvalue weighted by Gasteiger charge is -2.17. The molecule has 1 heterocycles. The minimum Gasteiger partial charge on any atom is -0.357 e. The van der Waals surface area contributed by atoms with Gasteiger partial charge in [-0.3, -0.25) is 9.59 Å². The first-order valence-electron chi connectivity index (χ1n) is 10.6. The zero-order valence-electron chi connectivity index (χ0n) is 18.4. The second-order valence-electron chi connectivity index (χ2n) is 7.89. The van der Waals surface area contributed by atoms with E-state index in [2.05, 4.69) is 31.2 Å². The third-order valence-electron chi connectivity index (χ3n) is 5.46. The zero-order chi connectivity index (χ0) is 24.1. The molecule has 1 saturated carbocycles. The Morgan fingerprint density at radius 3 is 2.44 bits per heavy atom. The van der Waals surface area contributed by atoms with Crippen LogP contribution in [0.4, 0.5) is 21.7 Å². The molecule has 1 fully saturated rings. The van der Waals surface area contributed by atoms with Crippen LogP contribution in [0.25, 0.3) is 0 Å². The SMILES string of the molecule is CNc1ncc(C(=O)NC2(C(=O)NCc3ccc(Nc4ccc(F)cc4C#N)cc3)CC2)cn1. The number of anilines is 3. The van der Waals surface area contributed by atoms with Crippen LogP contribution < -0.4 is 21.3 Å². The Labute approximate surface area is 195 Å². The van der Waals surface area contributed by atoms with Crippen LogP contribution in [0.1, 0.15) is 34.3 Å². The smallest absolute Gasteiger partial charge is 0.255 e. The number of amides is 2. The molecule has 10 heteroatoms. The van der Waals surface area contributed by atoms with Crippen LogP contribution in [0.2, 0.25) is 0 Å². The van der Waals surface area contributed by atoms with E-state index < -0.39 is 17.3 Å². The van der Waals surface area contributed by atoms with Gasteiger partial charge in [0.05, 0.1) is 16.8 Å². The molecule has 3 aromatic rings. The monoisotopic (exact) mass is 459 g/mol. The Morgan fingerprint density at radius 2 is 1.82 bits per heavy atom. The summed E-state index contributed by atoms with van der Waals surface area (Å²) < 4.78 is 13.3. The van der Waals surface area contributed by atoms with Crippen molar-refractivity contribution in [3.63, 3.8) is 0 Å². The molecule has 1 aliphatic rings. The number of nitriles is 1. The van der Waals surface area contributed by atoms with Crippen LogP contribution in [0.15, 0.2) is 54.9 Å². The number of carbonyl (C=O) groups is 2. The van der Waals surface area contributed by atoms with Gasteiger partial charge in [-0.05, 0) is 48.7 Å². The summed E-state index contributed by atoms with van der Waals surface area (Å²) in [5.74, 6) is -0.721. The van der Waals surface area contributed by atoms with Gasteiger partial charge in [0.2, 0.25) is 11.9 Å². The van der Waals surface area contributed by atoms with Crippen molar-refractivity contribution >= 4 is 29.1 Å². The van der Waals surface area contributed by atoms with E-state index in [1.54, 1.807) is 19.2 Å². The highest BCUT2D eigenvalue weighted by Gasteiger charge is 2.51. The Balaban J connectivity index is 1.32. The number of aromatic nitrogens is 2. The molecule has 0 unspecified atom stereocenters. The van der Waals surface area contributed by atoms with Gasteiger partial charge in [0.25, 0.3) is 5.91 Å². The standard InChI is InChI=1S/C24H22FN7O2/c1-27-23-29-13-17(14-30-23)21(33)32-24(8-9-24)22(34)28-12-15-2-5-19(6-3-15)31-20-7-4-18(25)10-16(20)11-26/h2-7,10,13-14,31H,8-9,12H2,1H3,(H,28,34)(H,32,33)(H,27,29,30). The Kier molecular flexibility index (Phi) is 6.36. The number of hydrogen-bond donors (Lipinski definition) is 4. The normalized spacial score (nSPS) is 13.3. The molecular formula is C24H22FN7O2. The quantitative estimate of drug-likeness (QED) is 0.407. The van der Waals surface area contributed by atoms with Crippen molar-refractivity contribution in [3.8, 4) is 6.07 Å². The summed E-state index contributed by atoms with van der Waals surface area (Å²) in [6.07, 6.45) is 3.93. The molecule has 1 aromatic heterocycles. The van der Waals surface area contributed by atoms with Crippen molar-refractivity contribution < 1.29 is 14.0 Å². The Bertz CT molecular complexity index is 1250. The number of nitrogens with one attached hydrogen (secondary N) is 4. The number of hydrogen-bond acceptors (Lipinski definition) is 7. The van der Waals surface area contributed by atoms with Crippen LogP contribution in [0.3, 0.4) is 0 Å². The molecule has 2 aromatic carbocycles. The lowest BCUT2D eigenvalue weighted by Crippen LogP contribution is -2.48. The van der Waals surface area contributed by atoms with E-state index in [1.807, 2.05) is 18.2 Å². The summed E-state index contributed by atoms with van der Waals surface area (Å²) in [4.78, 5) is 33.3. The lowest BCUT2D eigenvalue weighted by atomic mass is 10.1. The Hall–Kier alpha value is -4.52. The predicted octanol–water partition coefficient (Wildman–Crippen LogP) is 2.85. The minimum atomic E-state index is -0.920. The van der Waals surface area contributed by atoms with E-state index in [0.29, 0.717) is 24.5 Å². The van der Waals surface area contributed by atoms with Crippen molar-refractivity contribution in [1.29, 1.82) is 5.26 Å². The lowest BCUT2D eigenvalue weighted by molar-refractivity contribution is -0.124. The summed E-state index contributed by atoms with van der Waals surface area (Å²) in [5.41, 5.74) is 1.64. The van der Waals surface area contributed by atoms with E-state index in [0.717, 1.165) is 11.3 Å². The highest BCUT2D eigenvalue weighted by molar-refractivity contribution is 6.00. The molecule has 0 spiro atoms. The summed E-state index contributed by atoms with van der Waals surface area (Å²) >= 11 is 0. The zero-order valence-corrected chi connectivity index (χ0v) is 18.4. The maximum Gasteiger partial charge on any atom is 0.255 e. The molecule has 2 amide bonds. The fourth-order valence-electron chi connectivity index (χ4n) is 3.33. The Morgan fingerprint density at radius 1 is 1.12 bits per heavy atom. The average molecular weight is 459 g/mol. The maximum atomic E-state index is 13.3. The molecule has 0 aliphatic heterocycles. The van der Waals surface area contributed by atoms with Gasteiger partial charge in [-0.2, -0.15) is 5.26 Å². The van der Waals surface area contributed by atoms with Gasteiger partial charge < -0.3 is 21.3 Å². The summed E-state index contributed by atoms with van der Waals surface area (Å²) in [5, 5.41) is 20.7. The number of carbonyl (C=O) groups excluding carboxylic acids is 2. The van der Waals surface area contributed by atoms with Crippen LogP contribution in [0.5, 0.6) is 0 Å². The van der Waals surface area contributed by atoms with E-state index >= 15 is 0 Å². The minimum absolute atomic E-state index is 0.206. The van der Waals surface area contributed by atoms with Gasteiger partial charge in [-0.15, -0.1) is 0 Å². The highest BCUT2D eigenvalue weighted by Crippen LogP contribution is 2.36. The van der Waals surface area contributed by atoms with E-state index in [4.69, 9.17) is 5.26 Å². The molecule has 4 N–H and O–H groups in total. The van der Waals surface area contributed by atoms with Crippen LogP contribution in [0, 0.1) is 17.1 Å². The molecule has 0 atom stereocenters. The van der Waals surface area contributed by atoms with Gasteiger partial charge in [0.1, 0.15) is 17.4 Å². The molecule has 0 saturated heterocycles. The molecule has 9 nitrogen and oxygen atoms in total. The van der Waals surface area contributed by atoms with Crippen LogP contribution >= 0.6 is 0 Å². The van der Waals surface area contributed by atoms with Crippen LogP contribution in [-0.4, -0.2) is 34.4 Å². The second-order valence-corrected chi connectivity index (χ2v) is 7.89. The molecular weight excluding hydrogens is 437 g/mol. The summed E-state index contributed by atoms with van der Waals surface area (Å²) in [7, 11) is 1.68. The van der Waals surface area contributed by atoms with Gasteiger partial charge in [0, 0.05) is 31.7 Å². The van der Waals surface area contributed by atoms with E-state index in [-0.39, 0.29) is 23.6 Å². The van der Waals surface area contributed by atoms with Crippen molar-refractivity contribution in [2.24, 2.45) is 0 Å². The number of rotatable bonds is 8. The number of nitrogens with zero attached hydrogens (tertiary/aromatic N) is 3. The first-order chi connectivity index (χ1) is 16.4. The van der Waals surface area contributed by atoms with Gasteiger partial charge in [-0.1, -0.05) is 12.1 Å². The molecule has 4 rings (SSSR count). The molecule has 172 valence electrons. The fraction of sp³-hybridized carbons (Fsp3) is 0.208.